The SMILES string of the molecule is c1ccc(-c2cc(N3CCC4(CC3)OCCO4)nc(-c3ccccn3)n2)cc1. The molecule has 28 heavy (non-hydrogen) atoms. The standard InChI is InChI=1S/C22H22N4O2/c1-2-6-17(7-3-1)19-16-20(25-21(24-19)18-8-4-5-11-23-18)26-12-9-22(10-13-26)27-14-15-28-22/h1-8,11,16H,9-10,12-15H2. The highest BCUT2D eigenvalue weighted by molar-refractivity contribution is 5.66. The molecule has 2 aromatic heterocycles. The maximum atomic E-state index is 5.86. The number of nitrogens with zero attached hydrogens (tertiary/aromatic N) is 4. The van der Waals surface area contributed by atoms with Crippen molar-refractivity contribution in [3.63, 3.8) is 0 Å². The molecular weight excluding hydrogens is 352 g/mol. The minimum Gasteiger partial charge on any atom is -0.356 e. The Morgan fingerprint density at radius 2 is 1.57 bits per heavy atom. The predicted octanol–water partition coefficient (Wildman–Crippen LogP) is 3.55. The molecule has 2 fully saturated rings. The smallest absolute Gasteiger partial charge is 0.180 e. The normalized spacial score (nSPS) is 18.5. The highest BCUT2D eigenvalue weighted by Crippen LogP contribution is 2.34. The average molecular weight is 374 g/mol. The van der Waals surface area contributed by atoms with Crippen molar-refractivity contribution >= 4 is 5.82 Å². The third-order valence-corrected chi connectivity index (χ3v) is 5.34. The first-order chi connectivity index (χ1) is 13.8. The van der Waals surface area contributed by atoms with Gasteiger partial charge < -0.3 is 14.4 Å². The summed E-state index contributed by atoms with van der Waals surface area (Å²) in [6.45, 7) is 3.06. The summed E-state index contributed by atoms with van der Waals surface area (Å²) in [5.41, 5.74) is 2.75. The third-order valence-electron chi connectivity index (χ3n) is 5.34. The topological polar surface area (TPSA) is 60.4 Å². The van der Waals surface area contributed by atoms with E-state index in [4.69, 9.17) is 19.4 Å². The van der Waals surface area contributed by atoms with E-state index in [0.29, 0.717) is 19.0 Å². The Morgan fingerprint density at radius 1 is 0.821 bits per heavy atom. The Morgan fingerprint density at radius 3 is 2.29 bits per heavy atom. The Bertz CT molecular complexity index is 876. The van der Waals surface area contributed by atoms with Gasteiger partial charge in [-0.2, -0.15) is 0 Å². The molecule has 6 heteroatoms. The lowest BCUT2D eigenvalue weighted by molar-refractivity contribution is -0.169. The molecule has 0 bridgehead atoms. The Labute approximate surface area is 164 Å². The first kappa shape index (κ1) is 17.3. The van der Waals surface area contributed by atoms with Gasteiger partial charge in [0.1, 0.15) is 11.5 Å². The fraction of sp³-hybridized carbons (Fsp3) is 0.318. The molecule has 4 heterocycles. The van der Waals surface area contributed by atoms with Crippen molar-refractivity contribution in [1.29, 1.82) is 0 Å². The molecule has 0 N–H and O–H groups in total. The number of hydrogen-bond acceptors (Lipinski definition) is 6. The summed E-state index contributed by atoms with van der Waals surface area (Å²) in [7, 11) is 0. The molecule has 1 aromatic carbocycles. The van der Waals surface area contributed by atoms with Crippen molar-refractivity contribution in [3.05, 3.63) is 60.8 Å². The molecule has 3 aromatic rings. The second kappa shape index (κ2) is 7.30. The van der Waals surface area contributed by atoms with Gasteiger partial charge in [-0.05, 0) is 12.1 Å². The highest BCUT2D eigenvalue weighted by atomic mass is 16.7. The van der Waals surface area contributed by atoms with Crippen LogP contribution in [0.15, 0.2) is 60.8 Å². The van der Waals surface area contributed by atoms with E-state index in [0.717, 1.165) is 48.7 Å². The number of pyridine rings is 1. The van der Waals surface area contributed by atoms with Gasteiger partial charge >= 0.3 is 0 Å². The summed E-state index contributed by atoms with van der Waals surface area (Å²) in [5.74, 6) is 1.17. The van der Waals surface area contributed by atoms with Gasteiger partial charge in [0.05, 0.1) is 18.9 Å². The van der Waals surface area contributed by atoms with E-state index in [1.807, 2.05) is 36.4 Å². The van der Waals surface area contributed by atoms with Crippen molar-refractivity contribution < 1.29 is 9.47 Å². The third kappa shape index (κ3) is 3.37. The van der Waals surface area contributed by atoms with Crippen LogP contribution in [-0.2, 0) is 9.47 Å². The summed E-state index contributed by atoms with van der Waals surface area (Å²) in [6.07, 6.45) is 3.46. The van der Waals surface area contributed by atoms with Gasteiger partial charge in [0, 0.05) is 43.8 Å². The molecule has 0 amide bonds. The first-order valence-electron chi connectivity index (χ1n) is 9.70. The summed E-state index contributed by atoms with van der Waals surface area (Å²) >= 11 is 0. The summed E-state index contributed by atoms with van der Waals surface area (Å²) in [4.78, 5) is 16.4. The fourth-order valence-corrected chi connectivity index (χ4v) is 3.82. The molecule has 2 aliphatic rings. The molecule has 0 aliphatic carbocycles. The van der Waals surface area contributed by atoms with Crippen LogP contribution in [0.4, 0.5) is 5.82 Å². The van der Waals surface area contributed by atoms with Gasteiger partial charge in [-0.1, -0.05) is 36.4 Å². The van der Waals surface area contributed by atoms with E-state index < -0.39 is 5.79 Å². The lowest BCUT2D eigenvalue weighted by Crippen LogP contribution is -2.45. The van der Waals surface area contributed by atoms with Gasteiger partial charge in [0.15, 0.2) is 11.6 Å². The van der Waals surface area contributed by atoms with Crippen LogP contribution in [0.25, 0.3) is 22.8 Å². The molecule has 0 radical (unpaired) electrons. The Hall–Kier alpha value is -2.83. The zero-order chi connectivity index (χ0) is 18.8. The van der Waals surface area contributed by atoms with E-state index >= 15 is 0 Å². The minimum absolute atomic E-state index is 0.393. The van der Waals surface area contributed by atoms with Crippen molar-refractivity contribution in [2.75, 3.05) is 31.2 Å². The molecular formula is C22H22N4O2. The largest absolute Gasteiger partial charge is 0.356 e. The van der Waals surface area contributed by atoms with E-state index in [2.05, 4.69) is 28.1 Å². The maximum absolute atomic E-state index is 5.86. The van der Waals surface area contributed by atoms with Crippen LogP contribution in [0.2, 0.25) is 0 Å². The summed E-state index contributed by atoms with van der Waals surface area (Å²) in [5, 5.41) is 0. The van der Waals surface area contributed by atoms with E-state index in [1.165, 1.54) is 0 Å². The number of anilines is 1. The molecule has 0 atom stereocenters. The van der Waals surface area contributed by atoms with Gasteiger partial charge in [-0.3, -0.25) is 4.98 Å². The summed E-state index contributed by atoms with van der Waals surface area (Å²) in [6, 6.07) is 18.1. The molecule has 6 nitrogen and oxygen atoms in total. The van der Waals surface area contributed by atoms with Crippen molar-refractivity contribution in [2.45, 2.75) is 18.6 Å². The number of benzene rings is 1. The van der Waals surface area contributed by atoms with Crippen LogP contribution in [-0.4, -0.2) is 47.0 Å². The van der Waals surface area contributed by atoms with Gasteiger partial charge in [0.2, 0.25) is 0 Å². The first-order valence-corrected chi connectivity index (χ1v) is 9.70. The van der Waals surface area contributed by atoms with Crippen molar-refractivity contribution in [1.82, 2.24) is 15.0 Å². The molecule has 1 spiro atoms. The van der Waals surface area contributed by atoms with E-state index in [1.54, 1.807) is 6.20 Å². The molecule has 142 valence electrons. The van der Waals surface area contributed by atoms with Crippen LogP contribution in [0.1, 0.15) is 12.8 Å². The maximum Gasteiger partial charge on any atom is 0.180 e. The van der Waals surface area contributed by atoms with Gasteiger partial charge in [-0.15, -0.1) is 0 Å². The zero-order valence-corrected chi connectivity index (χ0v) is 15.6. The number of piperidine rings is 1. The second-order valence-corrected chi connectivity index (χ2v) is 7.11. The average Bonchev–Trinajstić information content (AvgIpc) is 3.23. The number of aromatic nitrogens is 3. The second-order valence-electron chi connectivity index (χ2n) is 7.11. The van der Waals surface area contributed by atoms with E-state index in [9.17, 15) is 0 Å². The molecule has 2 saturated heterocycles. The van der Waals surface area contributed by atoms with Crippen molar-refractivity contribution in [2.24, 2.45) is 0 Å². The summed E-state index contributed by atoms with van der Waals surface area (Å²) < 4.78 is 11.7. The van der Waals surface area contributed by atoms with Crippen LogP contribution in [0, 0.1) is 0 Å². The molecule has 5 rings (SSSR count). The fourth-order valence-electron chi connectivity index (χ4n) is 3.82. The lowest BCUT2D eigenvalue weighted by atomic mass is 10.0. The highest BCUT2D eigenvalue weighted by Gasteiger charge is 2.40. The zero-order valence-electron chi connectivity index (χ0n) is 15.6. The number of hydrogen-bond donors (Lipinski definition) is 0. The molecule has 2 aliphatic heterocycles. The predicted molar refractivity (Wildman–Crippen MR) is 107 cm³/mol. The lowest BCUT2D eigenvalue weighted by Gasteiger charge is -2.38. The number of ether oxygens (including phenoxy) is 2. The van der Waals surface area contributed by atoms with Gasteiger partial charge in [-0.25, -0.2) is 9.97 Å². The Kier molecular flexibility index (Phi) is 4.50. The Balaban J connectivity index is 1.50. The quantitative estimate of drug-likeness (QED) is 0.699. The van der Waals surface area contributed by atoms with Gasteiger partial charge in [0.25, 0.3) is 0 Å². The minimum atomic E-state index is -0.393. The molecule has 0 unspecified atom stereocenters. The van der Waals surface area contributed by atoms with Crippen LogP contribution in [0.5, 0.6) is 0 Å². The molecule has 0 saturated carbocycles. The monoisotopic (exact) mass is 374 g/mol. The van der Waals surface area contributed by atoms with E-state index in [-0.39, 0.29) is 0 Å². The number of rotatable bonds is 3. The van der Waals surface area contributed by atoms with Crippen LogP contribution >= 0.6 is 0 Å². The van der Waals surface area contributed by atoms with Crippen LogP contribution in [0.3, 0.4) is 0 Å². The van der Waals surface area contributed by atoms with Crippen LogP contribution < -0.4 is 4.90 Å². The van der Waals surface area contributed by atoms with Crippen molar-refractivity contribution in [3.8, 4) is 22.8 Å².